The Labute approximate surface area is 92.0 Å². The molecule has 92 valence electrons. The normalized spacial score (nSPS) is 23.4. The van der Waals surface area contributed by atoms with Crippen molar-refractivity contribution >= 4 is 0 Å². The first kappa shape index (κ1) is 13.2. The number of rotatable bonds is 4. The van der Waals surface area contributed by atoms with Crippen LogP contribution in [-0.4, -0.2) is 18.4 Å². The fourth-order valence-corrected chi connectivity index (χ4v) is 1.65. The maximum atomic E-state index is 12.8. The molecule has 0 bridgehead atoms. The summed E-state index contributed by atoms with van der Waals surface area (Å²) >= 11 is 0. The molecule has 1 rings (SSSR count). The highest BCUT2D eigenvalue weighted by molar-refractivity contribution is 5.22. The first-order valence-electron chi connectivity index (χ1n) is 5.10. The van der Waals surface area contributed by atoms with Crippen molar-refractivity contribution in [2.75, 3.05) is 0 Å². The van der Waals surface area contributed by atoms with E-state index in [-0.39, 0.29) is 12.0 Å². The van der Waals surface area contributed by atoms with Gasteiger partial charge in [-0.3, -0.25) is 0 Å². The highest BCUT2D eigenvalue weighted by atomic mass is 19.3. The summed E-state index contributed by atoms with van der Waals surface area (Å²) in [6.45, 7) is 1.77. The zero-order valence-corrected chi connectivity index (χ0v) is 8.97. The zero-order chi connectivity index (χ0) is 12.3. The Hall–Kier alpha value is -0.840. The second-order valence-corrected chi connectivity index (χ2v) is 4.18. The van der Waals surface area contributed by atoms with Gasteiger partial charge in [0.2, 0.25) is 0 Å². The summed E-state index contributed by atoms with van der Waals surface area (Å²) in [5.41, 5.74) is 5.97. The molecule has 0 aromatic carbocycles. The van der Waals surface area contributed by atoms with Gasteiger partial charge in [-0.1, -0.05) is 23.8 Å². The molecule has 2 atom stereocenters. The summed E-state index contributed by atoms with van der Waals surface area (Å²) < 4.78 is 49.6. The second-order valence-electron chi connectivity index (χ2n) is 4.18. The van der Waals surface area contributed by atoms with Crippen LogP contribution in [0.5, 0.6) is 0 Å². The van der Waals surface area contributed by atoms with E-state index in [0.29, 0.717) is 12.0 Å². The highest BCUT2D eigenvalue weighted by Gasteiger charge is 2.41. The van der Waals surface area contributed by atoms with Crippen LogP contribution in [0.3, 0.4) is 0 Å². The van der Waals surface area contributed by atoms with Crippen molar-refractivity contribution in [3.8, 4) is 0 Å². The standard InChI is InChI=1S/C11H15F4N/c1-7(16)9-4-2-3-8(5-9)6-11(14,15)10(12)13/h2-4,7,9-10H,5-6,16H2,1H3. The second kappa shape index (κ2) is 4.99. The van der Waals surface area contributed by atoms with Crippen molar-refractivity contribution in [3.63, 3.8) is 0 Å². The summed E-state index contributed by atoms with van der Waals surface area (Å²) in [5, 5.41) is 0. The lowest BCUT2D eigenvalue weighted by Gasteiger charge is -2.24. The van der Waals surface area contributed by atoms with Gasteiger partial charge in [-0.15, -0.1) is 0 Å². The van der Waals surface area contributed by atoms with E-state index in [1.54, 1.807) is 13.0 Å². The van der Waals surface area contributed by atoms with Crippen LogP contribution in [0, 0.1) is 5.92 Å². The lowest BCUT2D eigenvalue weighted by molar-refractivity contribution is -0.127. The van der Waals surface area contributed by atoms with Crippen molar-refractivity contribution in [1.82, 2.24) is 0 Å². The maximum Gasteiger partial charge on any atom is 0.311 e. The number of halogens is 4. The predicted molar refractivity (Wildman–Crippen MR) is 54.5 cm³/mol. The molecule has 2 unspecified atom stereocenters. The third-order valence-corrected chi connectivity index (χ3v) is 2.65. The minimum absolute atomic E-state index is 0.0477. The van der Waals surface area contributed by atoms with Crippen molar-refractivity contribution in [2.24, 2.45) is 11.7 Å². The molecule has 0 amide bonds. The zero-order valence-electron chi connectivity index (χ0n) is 8.97. The van der Waals surface area contributed by atoms with Crippen LogP contribution >= 0.6 is 0 Å². The number of nitrogens with two attached hydrogens (primary N) is 1. The molecule has 0 spiro atoms. The van der Waals surface area contributed by atoms with Gasteiger partial charge in [0, 0.05) is 12.5 Å². The molecule has 0 saturated carbocycles. The van der Waals surface area contributed by atoms with E-state index in [4.69, 9.17) is 5.73 Å². The molecule has 16 heavy (non-hydrogen) atoms. The summed E-state index contributed by atoms with van der Waals surface area (Å²) in [4.78, 5) is 0. The van der Waals surface area contributed by atoms with E-state index in [9.17, 15) is 17.6 Å². The average Bonchev–Trinajstić information content (AvgIpc) is 2.17. The van der Waals surface area contributed by atoms with Crippen LogP contribution < -0.4 is 5.73 Å². The molecule has 2 N–H and O–H groups in total. The molecular weight excluding hydrogens is 222 g/mol. The maximum absolute atomic E-state index is 12.8. The minimum Gasteiger partial charge on any atom is -0.327 e. The Kier molecular flexibility index (Phi) is 4.13. The van der Waals surface area contributed by atoms with E-state index < -0.39 is 18.8 Å². The third kappa shape index (κ3) is 3.33. The molecule has 0 heterocycles. The van der Waals surface area contributed by atoms with Crippen LogP contribution in [0.1, 0.15) is 19.8 Å². The van der Waals surface area contributed by atoms with Crippen LogP contribution in [0.15, 0.2) is 23.8 Å². The van der Waals surface area contributed by atoms with Gasteiger partial charge in [0.15, 0.2) is 0 Å². The Bertz CT molecular complexity index is 294. The lowest BCUT2D eigenvalue weighted by Crippen LogP contribution is -2.30. The van der Waals surface area contributed by atoms with E-state index >= 15 is 0 Å². The number of alkyl halides is 4. The van der Waals surface area contributed by atoms with E-state index in [1.165, 1.54) is 6.08 Å². The van der Waals surface area contributed by atoms with Crippen molar-refractivity contribution < 1.29 is 17.6 Å². The fraction of sp³-hybridized carbons (Fsp3) is 0.636. The smallest absolute Gasteiger partial charge is 0.311 e. The number of hydrogen-bond acceptors (Lipinski definition) is 1. The molecule has 0 aromatic heterocycles. The summed E-state index contributed by atoms with van der Waals surface area (Å²) in [7, 11) is 0. The van der Waals surface area contributed by atoms with E-state index in [0.717, 1.165) is 0 Å². The van der Waals surface area contributed by atoms with Gasteiger partial charge in [-0.05, 0) is 19.3 Å². The summed E-state index contributed by atoms with van der Waals surface area (Å²) in [6.07, 6.45) is 0.709. The Balaban J connectivity index is 2.63. The number of hydrogen-bond donors (Lipinski definition) is 1. The molecule has 1 nitrogen and oxygen atoms in total. The monoisotopic (exact) mass is 237 g/mol. The molecule has 0 aliphatic heterocycles. The van der Waals surface area contributed by atoms with Gasteiger partial charge in [-0.25, -0.2) is 8.78 Å². The molecule has 1 aliphatic rings. The quantitative estimate of drug-likeness (QED) is 0.747. The van der Waals surface area contributed by atoms with Gasteiger partial charge in [0.25, 0.3) is 0 Å². The SMILES string of the molecule is CC(N)C1C=CC=C(CC(F)(F)C(F)F)C1. The van der Waals surface area contributed by atoms with Crippen molar-refractivity contribution in [2.45, 2.75) is 38.2 Å². The molecular formula is C11H15F4N. The van der Waals surface area contributed by atoms with Gasteiger partial charge < -0.3 is 5.73 Å². The van der Waals surface area contributed by atoms with Gasteiger partial charge >= 0.3 is 12.3 Å². The first-order chi connectivity index (χ1) is 7.33. The average molecular weight is 237 g/mol. The molecule has 0 aromatic rings. The summed E-state index contributed by atoms with van der Waals surface area (Å²) in [6, 6.07) is -0.167. The topological polar surface area (TPSA) is 26.0 Å². The van der Waals surface area contributed by atoms with E-state index in [1.807, 2.05) is 6.08 Å². The lowest BCUT2D eigenvalue weighted by atomic mass is 9.87. The fourth-order valence-electron chi connectivity index (χ4n) is 1.65. The highest BCUT2D eigenvalue weighted by Crippen LogP contribution is 2.34. The van der Waals surface area contributed by atoms with Crippen LogP contribution in [0.4, 0.5) is 17.6 Å². The van der Waals surface area contributed by atoms with E-state index in [2.05, 4.69) is 0 Å². The molecule has 0 fully saturated rings. The molecule has 0 radical (unpaired) electrons. The Morgan fingerprint density at radius 3 is 2.62 bits per heavy atom. The largest absolute Gasteiger partial charge is 0.327 e. The van der Waals surface area contributed by atoms with Gasteiger partial charge in [0.1, 0.15) is 0 Å². The predicted octanol–water partition coefficient (Wildman–Crippen LogP) is 3.13. The number of allylic oxidation sites excluding steroid dienone is 3. The van der Waals surface area contributed by atoms with Crippen molar-refractivity contribution in [3.05, 3.63) is 23.8 Å². The summed E-state index contributed by atoms with van der Waals surface area (Å²) in [5.74, 6) is -3.99. The molecule has 5 heteroatoms. The first-order valence-corrected chi connectivity index (χ1v) is 5.10. The van der Waals surface area contributed by atoms with Crippen molar-refractivity contribution in [1.29, 1.82) is 0 Å². The third-order valence-electron chi connectivity index (χ3n) is 2.65. The van der Waals surface area contributed by atoms with Gasteiger partial charge in [0.05, 0.1) is 0 Å². The molecule has 0 saturated heterocycles. The Morgan fingerprint density at radius 2 is 2.12 bits per heavy atom. The minimum atomic E-state index is -3.95. The molecule has 1 aliphatic carbocycles. The Morgan fingerprint density at radius 1 is 1.50 bits per heavy atom. The van der Waals surface area contributed by atoms with Crippen LogP contribution in [0.25, 0.3) is 0 Å². The van der Waals surface area contributed by atoms with Gasteiger partial charge in [-0.2, -0.15) is 8.78 Å². The van der Waals surface area contributed by atoms with Crippen LogP contribution in [-0.2, 0) is 0 Å². The van der Waals surface area contributed by atoms with Crippen LogP contribution in [0.2, 0.25) is 0 Å².